The minimum absolute atomic E-state index is 0. The van der Waals surface area contributed by atoms with Gasteiger partial charge in [0.05, 0.1) is 11.4 Å². The van der Waals surface area contributed by atoms with E-state index in [-0.39, 0.29) is 11.3 Å². The lowest BCUT2D eigenvalue weighted by atomic mass is 9.91. The van der Waals surface area contributed by atoms with Crippen LogP contribution < -0.4 is 4.90 Å². The highest BCUT2D eigenvalue weighted by atomic mass is 19.1. The van der Waals surface area contributed by atoms with Crippen molar-refractivity contribution in [2.75, 3.05) is 4.90 Å². The first-order chi connectivity index (χ1) is 19.7. The molecule has 41 heavy (non-hydrogen) atoms. The van der Waals surface area contributed by atoms with Crippen molar-refractivity contribution < 1.29 is 9.87 Å². The van der Waals surface area contributed by atoms with E-state index in [0.717, 1.165) is 17.1 Å². The Bertz CT molecular complexity index is 2210. The van der Waals surface area contributed by atoms with Crippen LogP contribution in [0.2, 0.25) is 0 Å². The monoisotopic (exact) mass is 529 g/mol. The van der Waals surface area contributed by atoms with Crippen LogP contribution >= 0.6 is 0 Å². The Labute approximate surface area is 235 Å². The van der Waals surface area contributed by atoms with Gasteiger partial charge in [0, 0.05) is 16.5 Å². The van der Waals surface area contributed by atoms with Crippen molar-refractivity contribution in [2.45, 2.75) is 0 Å². The maximum Gasteiger partial charge on any atom is 0.123 e. The molecule has 0 radical (unpaired) electrons. The van der Waals surface area contributed by atoms with Gasteiger partial charge < -0.3 is 10.4 Å². The molecule has 2 nitrogen and oxygen atoms in total. The summed E-state index contributed by atoms with van der Waals surface area (Å²) in [6.07, 6.45) is 0. The number of rotatable bonds is 3. The maximum absolute atomic E-state index is 14.2. The summed E-state index contributed by atoms with van der Waals surface area (Å²) in [5.41, 5.74) is 3.08. The van der Waals surface area contributed by atoms with Gasteiger partial charge in [0.1, 0.15) is 5.82 Å². The second-order valence-corrected chi connectivity index (χ2v) is 10.7. The molecule has 0 unspecified atom stereocenters. The molecule has 0 amide bonds. The number of nitrogens with zero attached hydrogens (tertiary/aromatic N) is 1. The second kappa shape index (κ2) is 8.62. The number of benzene rings is 9. The highest BCUT2D eigenvalue weighted by molar-refractivity contribution is 6.28. The fraction of sp³-hybridized carbons (Fsp3) is 0. The molecule has 0 aromatic heterocycles. The molecule has 194 valence electrons. The average Bonchev–Trinajstić information content (AvgIpc) is 3.01. The highest BCUT2D eigenvalue weighted by Crippen LogP contribution is 2.47. The molecule has 2 N–H and O–H groups in total. The van der Waals surface area contributed by atoms with E-state index in [0.29, 0.717) is 0 Å². The van der Waals surface area contributed by atoms with Crippen molar-refractivity contribution in [1.29, 1.82) is 0 Å². The van der Waals surface area contributed by atoms with E-state index < -0.39 is 0 Å². The minimum atomic E-state index is -0.241. The van der Waals surface area contributed by atoms with Crippen molar-refractivity contribution in [3.8, 4) is 0 Å². The summed E-state index contributed by atoms with van der Waals surface area (Å²) in [5, 5.41) is 14.8. The van der Waals surface area contributed by atoms with Crippen LogP contribution in [0, 0.1) is 5.82 Å². The zero-order chi connectivity index (χ0) is 26.4. The molecular formula is C38H24FNO. The summed E-state index contributed by atoms with van der Waals surface area (Å²) in [6, 6.07) is 46.5. The summed E-state index contributed by atoms with van der Waals surface area (Å²) in [7, 11) is 0. The largest absolute Gasteiger partial charge is 0.412 e. The third-order valence-corrected chi connectivity index (χ3v) is 8.58. The molecule has 0 aliphatic heterocycles. The third kappa shape index (κ3) is 3.27. The molecule has 9 rings (SSSR count). The van der Waals surface area contributed by atoms with Gasteiger partial charge in [-0.3, -0.25) is 0 Å². The third-order valence-electron chi connectivity index (χ3n) is 8.58. The Hall–Kier alpha value is -5.25. The molecule has 0 atom stereocenters. The van der Waals surface area contributed by atoms with Gasteiger partial charge in [-0.25, -0.2) is 4.39 Å². The predicted octanol–water partition coefficient (Wildman–Crippen LogP) is 10.3. The molecule has 0 fully saturated rings. The average molecular weight is 530 g/mol. The van der Waals surface area contributed by atoms with Crippen LogP contribution in [0.4, 0.5) is 21.5 Å². The molecule has 0 aliphatic rings. The van der Waals surface area contributed by atoms with Crippen molar-refractivity contribution in [1.82, 2.24) is 0 Å². The van der Waals surface area contributed by atoms with E-state index in [1.165, 1.54) is 64.6 Å². The normalized spacial score (nSPS) is 11.8. The lowest BCUT2D eigenvalue weighted by Gasteiger charge is -2.29. The zero-order valence-corrected chi connectivity index (χ0v) is 22.0. The Balaban J connectivity index is 0.00000256. The molecular weight excluding hydrogens is 505 g/mol. The van der Waals surface area contributed by atoms with E-state index in [2.05, 4.69) is 114 Å². The van der Waals surface area contributed by atoms with E-state index in [4.69, 9.17) is 0 Å². The molecule has 0 heterocycles. The summed E-state index contributed by atoms with van der Waals surface area (Å²) >= 11 is 0. The summed E-state index contributed by atoms with van der Waals surface area (Å²) < 4.78 is 14.2. The van der Waals surface area contributed by atoms with Crippen molar-refractivity contribution in [2.24, 2.45) is 0 Å². The highest BCUT2D eigenvalue weighted by Gasteiger charge is 2.21. The second-order valence-electron chi connectivity index (χ2n) is 10.7. The van der Waals surface area contributed by atoms with E-state index in [1.54, 1.807) is 12.1 Å². The molecule has 0 bridgehead atoms. The number of hydrogen-bond donors (Lipinski definition) is 0. The molecule has 9 aromatic rings. The molecule has 0 saturated carbocycles. The molecule has 0 spiro atoms. The molecule has 0 saturated heterocycles. The van der Waals surface area contributed by atoms with Gasteiger partial charge in [-0.1, -0.05) is 97.1 Å². The number of hydrogen-bond acceptors (Lipinski definition) is 1. The number of halogens is 1. The van der Waals surface area contributed by atoms with Crippen molar-refractivity contribution in [3.63, 3.8) is 0 Å². The first-order valence-electron chi connectivity index (χ1n) is 13.6. The fourth-order valence-electron chi connectivity index (χ4n) is 6.83. The van der Waals surface area contributed by atoms with Crippen molar-refractivity contribution in [3.05, 3.63) is 139 Å². The fourth-order valence-corrected chi connectivity index (χ4v) is 6.83. The van der Waals surface area contributed by atoms with Gasteiger partial charge in [0.2, 0.25) is 0 Å². The van der Waals surface area contributed by atoms with Crippen LogP contribution in [0.15, 0.2) is 133 Å². The molecule has 3 heteroatoms. The van der Waals surface area contributed by atoms with E-state index in [9.17, 15) is 4.39 Å². The Kier molecular flexibility index (Phi) is 4.97. The Morgan fingerprint density at radius 1 is 0.366 bits per heavy atom. The maximum atomic E-state index is 14.2. The summed E-state index contributed by atoms with van der Waals surface area (Å²) in [6.45, 7) is 0. The Morgan fingerprint density at radius 3 is 1.17 bits per heavy atom. The lowest BCUT2D eigenvalue weighted by molar-refractivity contribution is 0.628. The van der Waals surface area contributed by atoms with Crippen LogP contribution in [0.3, 0.4) is 0 Å². The zero-order valence-electron chi connectivity index (χ0n) is 22.0. The van der Waals surface area contributed by atoms with Crippen LogP contribution in [-0.2, 0) is 0 Å². The van der Waals surface area contributed by atoms with Crippen LogP contribution in [-0.4, -0.2) is 5.48 Å². The van der Waals surface area contributed by atoms with E-state index >= 15 is 0 Å². The summed E-state index contributed by atoms with van der Waals surface area (Å²) in [5.74, 6) is -0.241. The van der Waals surface area contributed by atoms with Crippen molar-refractivity contribution >= 4 is 81.7 Å². The topological polar surface area (TPSA) is 34.7 Å². The van der Waals surface area contributed by atoms with Gasteiger partial charge in [-0.05, 0) is 90.3 Å². The van der Waals surface area contributed by atoms with Gasteiger partial charge in [-0.2, -0.15) is 0 Å². The first kappa shape index (κ1) is 23.6. The molecule has 9 aromatic carbocycles. The molecule has 0 aliphatic carbocycles. The smallest absolute Gasteiger partial charge is 0.123 e. The van der Waals surface area contributed by atoms with Gasteiger partial charge in [-0.15, -0.1) is 0 Å². The minimum Gasteiger partial charge on any atom is -0.412 e. The first-order valence-corrected chi connectivity index (χ1v) is 13.6. The van der Waals surface area contributed by atoms with Gasteiger partial charge in [0.25, 0.3) is 0 Å². The van der Waals surface area contributed by atoms with Crippen LogP contribution in [0.25, 0.3) is 64.6 Å². The quantitative estimate of drug-likeness (QED) is 0.210. The van der Waals surface area contributed by atoms with Crippen LogP contribution in [0.5, 0.6) is 0 Å². The van der Waals surface area contributed by atoms with E-state index in [1.807, 2.05) is 12.1 Å². The van der Waals surface area contributed by atoms with Gasteiger partial charge >= 0.3 is 0 Å². The summed E-state index contributed by atoms with van der Waals surface area (Å²) in [4.78, 5) is 2.30. The predicted molar refractivity (Wildman–Crippen MR) is 172 cm³/mol. The lowest BCUT2D eigenvalue weighted by Crippen LogP contribution is -2.11. The standard InChI is InChI=1S/C38H22FN.H2O/c39-29-15-17-30(18-16-29)40(33-21-13-27-9-7-23-3-1-5-25-11-19-31(33)37(27)35(23)25)34-22-14-28-10-8-24-4-2-6-26-12-20-32(34)38(28)36(24)26;/h1-22H;1H2. The number of anilines is 3. The van der Waals surface area contributed by atoms with Gasteiger partial charge in [0.15, 0.2) is 0 Å². The SMILES string of the molecule is Fc1ccc(N(c2ccc3ccc4cccc5ccc2c3c45)c2ccc3ccc4cccc5ccc2c3c45)cc1.O. The van der Waals surface area contributed by atoms with Crippen LogP contribution in [0.1, 0.15) is 0 Å². The Morgan fingerprint density at radius 2 is 0.732 bits per heavy atom.